The second-order valence-corrected chi connectivity index (χ2v) is 5.36. The second-order valence-electron chi connectivity index (χ2n) is 4.51. The Hall–Kier alpha value is -0.750. The van der Waals surface area contributed by atoms with Crippen molar-refractivity contribution in [1.82, 2.24) is 0 Å². The minimum Gasteiger partial charge on any atom is -0.493 e. The van der Waals surface area contributed by atoms with Crippen molar-refractivity contribution in [2.75, 3.05) is 19.8 Å². The molecule has 0 radical (unpaired) electrons. The van der Waals surface area contributed by atoms with Gasteiger partial charge in [0.2, 0.25) is 0 Å². The average molecular weight is 339 g/mol. The molecule has 0 spiro atoms. The molecule has 2 nitrogen and oxygen atoms in total. The van der Waals surface area contributed by atoms with Crippen LogP contribution in [0.4, 0.5) is 13.2 Å². The van der Waals surface area contributed by atoms with E-state index in [4.69, 9.17) is 9.47 Å². The summed E-state index contributed by atoms with van der Waals surface area (Å²) in [6, 6.07) is 3.93. The minimum absolute atomic E-state index is 0.0263. The zero-order valence-electron chi connectivity index (χ0n) is 10.2. The van der Waals surface area contributed by atoms with Gasteiger partial charge >= 0.3 is 6.18 Å². The van der Waals surface area contributed by atoms with E-state index in [0.717, 1.165) is 18.9 Å². The highest BCUT2D eigenvalue weighted by molar-refractivity contribution is 9.10. The summed E-state index contributed by atoms with van der Waals surface area (Å²) in [4.78, 5) is 0. The summed E-state index contributed by atoms with van der Waals surface area (Å²) >= 11 is 2.90. The van der Waals surface area contributed by atoms with Crippen LogP contribution in [0, 0.1) is 5.92 Å². The van der Waals surface area contributed by atoms with Gasteiger partial charge in [-0.15, -0.1) is 0 Å². The van der Waals surface area contributed by atoms with Crippen molar-refractivity contribution in [3.8, 4) is 5.75 Å². The van der Waals surface area contributed by atoms with Gasteiger partial charge in [-0.1, -0.05) is 15.9 Å². The fraction of sp³-hybridized carbons (Fsp3) is 0.538. The van der Waals surface area contributed by atoms with Crippen molar-refractivity contribution in [3.05, 3.63) is 28.2 Å². The van der Waals surface area contributed by atoms with Gasteiger partial charge in [0.1, 0.15) is 5.75 Å². The van der Waals surface area contributed by atoms with E-state index in [9.17, 15) is 13.2 Å². The Labute approximate surface area is 118 Å². The van der Waals surface area contributed by atoms with Gasteiger partial charge in [-0.05, 0) is 37.0 Å². The van der Waals surface area contributed by atoms with Gasteiger partial charge < -0.3 is 9.47 Å². The Morgan fingerprint density at radius 3 is 2.58 bits per heavy atom. The molecule has 1 heterocycles. The van der Waals surface area contributed by atoms with E-state index in [1.54, 1.807) is 6.07 Å². The largest absolute Gasteiger partial charge is 0.493 e. The maximum absolute atomic E-state index is 12.7. The predicted molar refractivity (Wildman–Crippen MR) is 68.2 cm³/mol. The van der Waals surface area contributed by atoms with Crippen LogP contribution in [-0.2, 0) is 10.9 Å². The molecule has 0 atom stereocenters. The van der Waals surface area contributed by atoms with E-state index in [1.807, 2.05) is 0 Å². The van der Waals surface area contributed by atoms with Crippen molar-refractivity contribution in [2.24, 2.45) is 5.92 Å². The summed E-state index contributed by atoms with van der Waals surface area (Å²) in [6.45, 7) is 1.83. The molecule has 0 bridgehead atoms. The standard InChI is InChI=1S/C13H14BrF3O2/c14-12-2-1-10(7-11(12)13(15,16)17)19-8-9-3-5-18-6-4-9/h1-2,7,9H,3-6,8H2. The molecule has 1 aliphatic rings. The predicted octanol–water partition coefficient (Wildman–Crippen LogP) is 4.27. The molecule has 0 amide bonds. The molecule has 0 unspecified atom stereocenters. The molecule has 106 valence electrons. The molecule has 1 aromatic carbocycles. The van der Waals surface area contributed by atoms with Gasteiger partial charge in [0.15, 0.2) is 0 Å². The molecule has 19 heavy (non-hydrogen) atoms. The SMILES string of the molecule is FC(F)(F)c1cc(OCC2CCOCC2)ccc1Br. The summed E-state index contributed by atoms with van der Waals surface area (Å²) < 4.78 is 48.9. The van der Waals surface area contributed by atoms with Crippen LogP contribution in [0.25, 0.3) is 0 Å². The molecule has 2 rings (SSSR count). The number of hydrogen-bond donors (Lipinski definition) is 0. The zero-order chi connectivity index (χ0) is 13.9. The van der Waals surface area contributed by atoms with Crippen molar-refractivity contribution < 1.29 is 22.6 Å². The Bertz CT molecular complexity index is 428. The van der Waals surface area contributed by atoms with Crippen LogP contribution in [0.5, 0.6) is 5.75 Å². The van der Waals surface area contributed by atoms with Crippen LogP contribution in [0.2, 0.25) is 0 Å². The molecule has 6 heteroatoms. The monoisotopic (exact) mass is 338 g/mol. The molecule has 0 aliphatic carbocycles. The number of benzene rings is 1. The Morgan fingerprint density at radius 1 is 1.26 bits per heavy atom. The molecule has 1 fully saturated rings. The van der Waals surface area contributed by atoms with E-state index >= 15 is 0 Å². The van der Waals surface area contributed by atoms with E-state index < -0.39 is 11.7 Å². The third-order valence-corrected chi connectivity index (χ3v) is 3.76. The molecule has 0 N–H and O–H groups in total. The van der Waals surface area contributed by atoms with Gasteiger partial charge in [-0.3, -0.25) is 0 Å². The number of alkyl halides is 3. The fourth-order valence-corrected chi connectivity index (χ4v) is 2.41. The van der Waals surface area contributed by atoms with Crippen LogP contribution in [0.1, 0.15) is 18.4 Å². The first-order chi connectivity index (χ1) is 8.97. The maximum atomic E-state index is 12.7. The summed E-state index contributed by atoms with van der Waals surface area (Å²) in [5.74, 6) is 0.605. The van der Waals surface area contributed by atoms with Crippen molar-refractivity contribution >= 4 is 15.9 Å². The fourth-order valence-electron chi connectivity index (χ4n) is 1.94. The smallest absolute Gasteiger partial charge is 0.417 e. The Kier molecular flexibility index (Phi) is 4.73. The average Bonchev–Trinajstić information content (AvgIpc) is 2.37. The lowest BCUT2D eigenvalue weighted by molar-refractivity contribution is -0.138. The molecule has 0 aromatic heterocycles. The lowest BCUT2D eigenvalue weighted by atomic mass is 10.0. The minimum atomic E-state index is -4.38. The summed E-state index contributed by atoms with van der Waals surface area (Å²) in [5, 5.41) is 0. The Morgan fingerprint density at radius 2 is 1.95 bits per heavy atom. The highest BCUT2D eigenvalue weighted by Crippen LogP contribution is 2.37. The molecule has 1 aliphatic heterocycles. The molecular weight excluding hydrogens is 325 g/mol. The topological polar surface area (TPSA) is 18.5 Å². The highest BCUT2D eigenvalue weighted by atomic mass is 79.9. The van der Waals surface area contributed by atoms with Crippen LogP contribution in [0.3, 0.4) is 0 Å². The normalized spacial score (nSPS) is 17.5. The molecular formula is C13H14BrF3O2. The summed E-state index contributed by atoms with van der Waals surface area (Å²) in [7, 11) is 0. The highest BCUT2D eigenvalue weighted by Gasteiger charge is 2.33. The van der Waals surface area contributed by atoms with Crippen molar-refractivity contribution in [3.63, 3.8) is 0 Å². The van der Waals surface area contributed by atoms with E-state index in [1.165, 1.54) is 6.07 Å². The summed E-state index contributed by atoms with van der Waals surface area (Å²) in [6.07, 6.45) is -2.60. The third-order valence-electron chi connectivity index (χ3n) is 3.07. The lowest BCUT2D eigenvalue weighted by Crippen LogP contribution is -2.21. The van der Waals surface area contributed by atoms with Crippen LogP contribution in [-0.4, -0.2) is 19.8 Å². The molecule has 1 aromatic rings. The lowest BCUT2D eigenvalue weighted by Gasteiger charge is -2.22. The number of halogens is 4. The van der Waals surface area contributed by atoms with Crippen LogP contribution in [0.15, 0.2) is 22.7 Å². The number of hydrogen-bond acceptors (Lipinski definition) is 2. The van der Waals surface area contributed by atoms with Gasteiger partial charge in [-0.2, -0.15) is 13.2 Å². The molecule has 1 saturated heterocycles. The first-order valence-electron chi connectivity index (χ1n) is 6.04. The quantitative estimate of drug-likeness (QED) is 0.819. The third kappa shape index (κ3) is 4.11. The van der Waals surface area contributed by atoms with Crippen LogP contribution >= 0.6 is 15.9 Å². The number of rotatable bonds is 3. The number of ether oxygens (including phenoxy) is 2. The van der Waals surface area contributed by atoms with Gasteiger partial charge in [-0.25, -0.2) is 0 Å². The maximum Gasteiger partial charge on any atom is 0.417 e. The second kappa shape index (κ2) is 6.13. The van der Waals surface area contributed by atoms with Crippen molar-refractivity contribution in [1.29, 1.82) is 0 Å². The zero-order valence-corrected chi connectivity index (χ0v) is 11.8. The van der Waals surface area contributed by atoms with Gasteiger partial charge in [0, 0.05) is 17.7 Å². The van der Waals surface area contributed by atoms with Gasteiger partial charge in [0.05, 0.1) is 12.2 Å². The first-order valence-corrected chi connectivity index (χ1v) is 6.83. The van der Waals surface area contributed by atoms with Crippen LogP contribution < -0.4 is 4.74 Å². The first kappa shape index (κ1) is 14.7. The molecule has 0 saturated carbocycles. The Balaban J connectivity index is 2.00. The van der Waals surface area contributed by atoms with E-state index in [2.05, 4.69) is 15.9 Å². The van der Waals surface area contributed by atoms with Crippen molar-refractivity contribution in [2.45, 2.75) is 19.0 Å². The van der Waals surface area contributed by atoms with Gasteiger partial charge in [0.25, 0.3) is 0 Å². The van der Waals surface area contributed by atoms with E-state index in [0.29, 0.717) is 25.7 Å². The van der Waals surface area contributed by atoms with E-state index in [-0.39, 0.29) is 10.2 Å². The summed E-state index contributed by atoms with van der Waals surface area (Å²) in [5.41, 5.74) is -0.711.